The number of carbonyl (C=O) groups is 1. The van der Waals surface area contributed by atoms with Crippen LogP contribution in [0.2, 0.25) is 11.3 Å². The number of halogens is 1. The van der Waals surface area contributed by atoms with Gasteiger partial charge in [-0.15, -0.1) is 0 Å². The van der Waals surface area contributed by atoms with Gasteiger partial charge in [0.1, 0.15) is 12.4 Å². The molecule has 0 saturated carbocycles. The van der Waals surface area contributed by atoms with Gasteiger partial charge in [0, 0.05) is 5.02 Å². The molecular formula is C10H10BClO2. The number of ether oxygens (including phenoxy) is 1. The molecule has 0 aliphatic rings. The Morgan fingerprint density at radius 3 is 2.86 bits per heavy atom. The summed E-state index contributed by atoms with van der Waals surface area (Å²) in [4.78, 5) is 10.9. The third-order valence-electron chi connectivity index (χ3n) is 1.75. The molecule has 1 aromatic rings. The highest BCUT2D eigenvalue weighted by Gasteiger charge is 2.02. The minimum absolute atomic E-state index is 0.00658. The molecular weight excluding hydrogens is 198 g/mol. The minimum Gasteiger partial charge on any atom is -0.486 e. The quantitative estimate of drug-likeness (QED) is 0.709. The Balaban J connectivity index is 2.63. The van der Waals surface area contributed by atoms with Crippen LogP contribution in [0.3, 0.4) is 0 Å². The Bertz CT molecular complexity index is 339. The number of benzene rings is 1. The fourth-order valence-electron chi connectivity index (χ4n) is 0.992. The van der Waals surface area contributed by atoms with E-state index in [2.05, 4.69) is 0 Å². The molecule has 0 spiro atoms. The Hall–Kier alpha value is -0.955. The fraction of sp³-hybridized carbons (Fsp3) is 0.300. The van der Waals surface area contributed by atoms with Crippen molar-refractivity contribution in [3.8, 4) is 5.75 Å². The highest BCUT2D eigenvalue weighted by molar-refractivity contribution is 6.30. The van der Waals surface area contributed by atoms with E-state index in [1.165, 1.54) is 0 Å². The second kappa shape index (κ2) is 5.06. The summed E-state index contributed by atoms with van der Waals surface area (Å²) < 4.78 is 5.26. The van der Waals surface area contributed by atoms with Crippen molar-refractivity contribution in [2.24, 2.45) is 0 Å². The van der Waals surface area contributed by atoms with Crippen molar-refractivity contribution in [2.45, 2.75) is 13.2 Å². The molecule has 0 N–H and O–H groups in total. The van der Waals surface area contributed by atoms with E-state index in [-0.39, 0.29) is 18.7 Å². The van der Waals surface area contributed by atoms with E-state index in [0.717, 1.165) is 5.56 Å². The van der Waals surface area contributed by atoms with Gasteiger partial charge in [-0.1, -0.05) is 11.6 Å². The average molecular weight is 208 g/mol. The summed E-state index contributed by atoms with van der Waals surface area (Å²) in [5.41, 5.74) is 0.905. The first-order valence-electron chi connectivity index (χ1n) is 4.24. The van der Waals surface area contributed by atoms with Crippen LogP contribution in [0.5, 0.6) is 5.75 Å². The topological polar surface area (TPSA) is 26.3 Å². The number of ketones is 1. The molecule has 14 heavy (non-hydrogen) atoms. The van der Waals surface area contributed by atoms with Crippen molar-refractivity contribution in [2.75, 3.05) is 6.61 Å². The number of hydrogen-bond donors (Lipinski definition) is 0. The summed E-state index contributed by atoms with van der Waals surface area (Å²) in [5.74, 6) is 0.538. The molecule has 0 fully saturated rings. The molecule has 0 aromatic heterocycles. The molecule has 0 bridgehead atoms. The lowest BCUT2D eigenvalue weighted by molar-refractivity contribution is -0.118. The lowest BCUT2D eigenvalue weighted by atomic mass is 10.0. The lowest BCUT2D eigenvalue weighted by Gasteiger charge is -2.07. The second-order valence-electron chi connectivity index (χ2n) is 2.94. The highest BCUT2D eigenvalue weighted by Crippen LogP contribution is 2.21. The maximum Gasteiger partial charge on any atom is 0.161 e. The van der Waals surface area contributed by atoms with Gasteiger partial charge in [-0.2, -0.15) is 0 Å². The number of rotatable bonds is 4. The van der Waals surface area contributed by atoms with Gasteiger partial charge >= 0.3 is 0 Å². The van der Waals surface area contributed by atoms with Gasteiger partial charge in [0.05, 0.1) is 7.85 Å². The largest absolute Gasteiger partial charge is 0.486 e. The number of Topliss-reactive ketones (excluding diaryl/α,β-unsaturated/α-hetero) is 1. The van der Waals surface area contributed by atoms with Crippen LogP contribution in [0.25, 0.3) is 0 Å². The van der Waals surface area contributed by atoms with E-state index in [0.29, 0.717) is 10.8 Å². The van der Waals surface area contributed by atoms with Gasteiger partial charge in [-0.3, -0.25) is 4.79 Å². The summed E-state index contributed by atoms with van der Waals surface area (Å²) >= 11 is 5.76. The van der Waals surface area contributed by atoms with E-state index in [1.54, 1.807) is 18.2 Å². The van der Waals surface area contributed by atoms with Gasteiger partial charge in [-0.05, 0) is 37.0 Å². The Labute approximate surface area is 89.6 Å². The van der Waals surface area contributed by atoms with Crippen LogP contribution in [0.15, 0.2) is 18.2 Å². The molecule has 0 aliphatic heterocycles. The first-order valence-corrected chi connectivity index (χ1v) is 4.62. The predicted octanol–water partition coefficient (Wildman–Crippen LogP) is 2.18. The van der Waals surface area contributed by atoms with Gasteiger partial charge in [-0.25, -0.2) is 0 Å². The van der Waals surface area contributed by atoms with Crippen LogP contribution in [-0.2, 0) is 4.79 Å². The monoisotopic (exact) mass is 208 g/mol. The van der Waals surface area contributed by atoms with Crippen molar-refractivity contribution < 1.29 is 9.53 Å². The minimum atomic E-state index is -0.126. The molecule has 2 nitrogen and oxygen atoms in total. The zero-order valence-corrected chi connectivity index (χ0v) is 8.67. The predicted molar refractivity (Wildman–Crippen MR) is 57.3 cm³/mol. The van der Waals surface area contributed by atoms with E-state index in [9.17, 15) is 4.79 Å². The number of aryl methyl sites for hydroxylation is 1. The van der Waals surface area contributed by atoms with Gasteiger partial charge in [0.2, 0.25) is 0 Å². The zero-order valence-electron chi connectivity index (χ0n) is 7.92. The zero-order chi connectivity index (χ0) is 10.6. The molecule has 2 radical (unpaired) electrons. The van der Waals surface area contributed by atoms with E-state index < -0.39 is 0 Å². The molecule has 1 rings (SSSR count). The SMILES string of the molecule is [B]CC(=O)COc1ccc(Cl)cc1C. The van der Waals surface area contributed by atoms with Crippen LogP contribution < -0.4 is 4.74 Å². The standard InChI is InChI=1S/C10H10BClO2/c1-7-4-8(12)2-3-10(7)14-6-9(13)5-11/h2-4H,5-6H2,1H3. The van der Waals surface area contributed by atoms with Crippen LogP contribution in [0, 0.1) is 6.92 Å². The first-order chi connectivity index (χ1) is 6.63. The third-order valence-corrected chi connectivity index (χ3v) is 1.99. The lowest BCUT2D eigenvalue weighted by Crippen LogP contribution is -2.10. The third kappa shape index (κ3) is 3.07. The number of hydrogen-bond acceptors (Lipinski definition) is 2. The smallest absolute Gasteiger partial charge is 0.161 e. The molecule has 72 valence electrons. The van der Waals surface area contributed by atoms with Gasteiger partial charge < -0.3 is 4.74 Å². The van der Waals surface area contributed by atoms with E-state index in [1.807, 2.05) is 6.92 Å². The molecule has 0 aliphatic carbocycles. The highest BCUT2D eigenvalue weighted by atomic mass is 35.5. The molecule has 0 heterocycles. The Morgan fingerprint density at radius 1 is 1.57 bits per heavy atom. The summed E-state index contributed by atoms with van der Waals surface area (Å²) in [7, 11) is 5.15. The van der Waals surface area contributed by atoms with Crippen LogP contribution >= 0.6 is 11.6 Å². The summed E-state index contributed by atoms with van der Waals surface area (Å²) in [5, 5.41) is 0.653. The molecule has 0 atom stereocenters. The second-order valence-corrected chi connectivity index (χ2v) is 3.38. The molecule has 0 amide bonds. The molecule has 1 aromatic carbocycles. The van der Waals surface area contributed by atoms with E-state index >= 15 is 0 Å². The molecule has 4 heteroatoms. The van der Waals surface area contributed by atoms with Crippen molar-refractivity contribution in [1.82, 2.24) is 0 Å². The van der Waals surface area contributed by atoms with Crippen LogP contribution in [0.1, 0.15) is 5.56 Å². The van der Waals surface area contributed by atoms with Crippen molar-refractivity contribution in [1.29, 1.82) is 0 Å². The maximum atomic E-state index is 10.9. The first kappa shape index (κ1) is 11.1. The summed E-state index contributed by atoms with van der Waals surface area (Å²) in [6, 6.07) is 5.24. The van der Waals surface area contributed by atoms with E-state index in [4.69, 9.17) is 24.2 Å². The average Bonchev–Trinajstić information content (AvgIpc) is 2.16. The van der Waals surface area contributed by atoms with Crippen LogP contribution in [0.4, 0.5) is 0 Å². The summed E-state index contributed by atoms with van der Waals surface area (Å²) in [6.45, 7) is 1.88. The summed E-state index contributed by atoms with van der Waals surface area (Å²) in [6.07, 6.45) is 0.00658. The maximum absolute atomic E-state index is 10.9. The normalized spacial score (nSPS) is 9.86. The van der Waals surface area contributed by atoms with Crippen LogP contribution in [-0.4, -0.2) is 20.2 Å². The van der Waals surface area contributed by atoms with Gasteiger partial charge in [0.25, 0.3) is 0 Å². The number of carbonyl (C=O) groups excluding carboxylic acids is 1. The molecule has 0 saturated heterocycles. The Kier molecular flexibility index (Phi) is 4.02. The van der Waals surface area contributed by atoms with Crippen molar-refractivity contribution in [3.05, 3.63) is 28.8 Å². The van der Waals surface area contributed by atoms with Crippen molar-refractivity contribution in [3.63, 3.8) is 0 Å². The van der Waals surface area contributed by atoms with Gasteiger partial charge in [0.15, 0.2) is 5.78 Å². The molecule has 0 unspecified atom stereocenters. The fourth-order valence-corrected chi connectivity index (χ4v) is 1.22. The Morgan fingerprint density at radius 2 is 2.29 bits per heavy atom. The van der Waals surface area contributed by atoms with Crippen molar-refractivity contribution >= 4 is 25.2 Å².